The number of unbranched alkanes of at least 4 members (excludes halogenated alkanes) is 2. The van der Waals surface area contributed by atoms with Crippen molar-refractivity contribution in [2.24, 2.45) is 5.73 Å². The van der Waals surface area contributed by atoms with Gasteiger partial charge in [0.05, 0.1) is 5.69 Å². The van der Waals surface area contributed by atoms with Crippen molar-refractivity contribution in [1.82, 2.24) is 10.5 Å². The van der Waals surface area contributed by atoms with Crippen molar-refractivity contribution in [3.05, 3.63) is 17.5 Å². The van der Waals surface area contributed by atoms with Gasteiger partial charge in [-0.2, -0.15) is 0 Å². The molecule has 0 atom stereocenters. The highest BCUT2D eigenvalue weighted by atomic mass is 16.5. The third-order valence-electron chi connectivity index (χ3n) is 2.41. The number of hydrogen-bond acceptors (Lipinski definition) is 5. The molecule has 7 nitrogen and oxygen atoms in total. The second-order valence-corrected chi connectivity index (χ2v) is 4.20. The molecule has 2 amide bonds. The molecule has 1 aromatic rings. The van der Waals surface area contributed by atoms with Crippen LogP contribution < -0.4 is 11.1 Å². The zero-order valence-corrected chi connectivity index (χ0v) is 11.0. The number of nitrogens with zero attached hydrogens (tertiary/aromatic N) is 1. The Hall–Kier alpha value is -2.05. The largest absolute Gasteiger partial charge is 0.457 e. The van der Waals surface area contributed by atoms with Gasteiger partial charge in [0.15, 0.2) is 12.4 Å². The maximum Gasteiger partial charge on any atom is 0.312 e. The summed E-state index contributed by atoms with van der Waals surface area (Å²) < 4.78 is 9.94. The zero-order valence-electron chi connectivity index (χ0n) is 11.0. The number of nitrogens with one attached hydrogen (secondary N) is 1. The lowest BCUT2D eigenvalue weighted by Crippen LogP contribution is -2.29. The Kier molecular flexibility index (Phi) is 6.42. The highest BCUT2D eigenvalue weighted by Gasteiger charge is 2.06. The fraction of sp³-hybridized carbons (Fsp3) is 0.583. The van der Waals surface area contributed by atoms with Gasteiger partial charge in [-0.3, -0.25) is 4.79 Å². The fourth-order valence-corrected chi connectivity index (χ4v) is 1.49. The van der Waals surface area contributed by atoms with Gasteiger partial charge in [-0.15, -0.1) is 0 Å². The Labute approximate surface area is 111 Å². The summed E-state index contributed by atoms with van der Waals surface area (Å²) in [5, 5.41) is 6.18. The molecule has 0 aliphatic carbocycles. The molecule has 0 spiro atoms. The minimum atomic E-state index is -0.526. The van der Waals surface area contributed by atoms with Crippen molar-refractivity contribution in [1.29, 1.82) is 0 Å². The number of hydrogen-bond donors (Lipinski definition) is 2. The first-order chi connectivity index (χ1) is 9.08. The smallest absolute Gasteiger partial charge is 0.312 e. The number of esters is 1. The van der Waals surface area contributed by atoms with Crippen LogP contribution in [0.15, 0.2) is 10.6 Å². The summed E-state index contributed by atoms with van der Waals surface area (Å²) in [7, 11) is 0. The van der Waals surface area contributed by atoms with Gasteiger partial charge in [0.25, 0.3) is 0 Å². The third-order valence-corrected chi connectivity index (χ3v) is 2.41. The van der Waals surface area contributed by atoms with Crippen molar-refractivity contribution in [3.63, 3.8) is 0 Å². The highest BCUT2D eigenvalue weighted by Crippen LogP contribution is 2.06. The first-order valence-corrected chi connectivity index (χ1v) is 6.19. The van der Waals surface area contributed by atoms with Crippen LogP contribution in [0.4, 0.5) is 4.79 Å². The van der Waals surface area contributed by atoms with E-state index in [0.29, 0.717) is 25.1 Å². The molecule has 1 rings (SSSR count). The standard InChI is InChI=1S/C12H19N3O4/c1-9-7-10(19-15-9)8-18-11(16)5-3-2-4-6-14-12(13)17/h7H,2-6,8H2,1H3,(H3,13,14,17). The SMILES string of the molecule is Cc1cc(COC(=O)CCCCCNC(N)=O)on1. The number of urea groups is 1. The summed E-state index contributed by atoms with van der Waals surface area (Å²) in [6.45, 7) is 2.44. The Morgan fingerprint density at radius 2 is 2.21 bits per heavy atom. The quantitative estimate of drug-likeness (QED) is 0.545. The van der Waals surface area contributed by atoms with Gasteiger partial charge in [-0.25, -0.2) is 4.79 Å². The van der Waals surface area contributed by atoms with Crippen LogP contribution in [-0.2, 0) is 16.1 Å². The average molecular weight is 269 g/mol. The average Bonchev–Trinajstić information content (AvgIpc) is 2.76. The predicted molar refractivity (Wildman–Crippen MR) is 67.1 cm³/mol. The van der Waals surface area contributed by atoms with Crippen LogP contribution >= 0.6 is 0 Å². The summed E-state index contributed by atoms with van der Waals surface area (Å²) in [5.41, 5.74) is 5.67. The Morgan fingerprint density at radius 3 is 2.84 bits per heavy atom. The van der Waals surface area contributed by atoms with Crippen LogP contribution in [0.5, 0.6) is 0 Å². The molecular formula is C12H19N3O4. The summed E-state index contributed by atoms with van der Waals surface area (Å²) in [4.78, 5) is 21.8. The van der Waals surface area contributed by atoms with Crippen LogP contribution in [0.25, 0.3) is 0 Å². The Morgan fingerprint density at radius 1 is 1.42 bits per heavy atom. The molecule has 0 aliphatic rings. The monoisotopic (exact) mass is 269 g/mol. The molecule has 7 heteroatoms. The Bertz CT molecular complexity index is 417. The minimum Gasteiger partial charge on any atom is -0.457 e. The molecule has 0 bridgehead atoms. The van der Waals surface area contributed by atoms with E-state index < -0.39 is 6.03 Å². The van der Waals surface area contributed by atoms with E-state index >= 15 is 0 Å². The topological polar surface area (TPSA) is 107 Å². The van der Waals surface area contributed by atoms with Crippen LogP contribution in [0, 0.1) is 6.92 Å². The second-order valence-electron chi connectivity index (χ2n) is 4.20. The van der Waals surface area contributed by atoms with E-state index in [0.717, 1.165) is 18.5 Å². The number of primary amides is 1. The number of amides is 2. The molecule has 1 heterocycles. The minimum absolute atomic E-state index is 0.114. The number of nitrogens with two attached hydrogens (primary N) is 1. The van der Waals surface area contributed by atoms with E-state index in [-0.39, 0.29) is 12.6 Å². The lowest BCUT2D eigenvalue weighted by Gasteiger charge is -2.03. The van der Waals surface area contributed by atoms with E-state index in [1.807, 2.05) is 0 Å². The first-order valence-electron chi connectivity index (χ1n) is 6.19. The second kappa shape index (κ2) is 8.12. The maximum absolute atomic E-state index is 11.4. The number of carbonyl (C=O) groups is 2. The van der Waals surface area contributed by atoms with E-state index in [4.69, 9.17) is 15.0 Å². The number of ether oxygens (including phenoxy) is 1. The number of rotatable bonds is 8. The molecular weight excluding hydrogens is 250 g/mol. The van der Waals surface area contributed by atoms with Gasteiger partial charge in [-0.05, 0) is 19.8 Å². The predicted octanol–water partition coefficient (Wildman–Crippen LogP) is 1.25. The van der Waals surface area contributed by atoms with Crippen molar-refractivity contribution < 1.29 is 18.8 Å². The van der Waals surface area contributed by atoms with Gasteiger partial charge in [0, 0.05) is 19.0 Å². The van der Waals surface area contributed by atoms with Crippen LogP contribution in [0.1, 0.15) is 37.1 Å². The van der Waals surface area contributed by atoms with E-state index in [1.165, 1.54) is 0 Å². The molecule has 106 valence electrons. The summed E-state index contributed by atoms with van der Waals surface area (Å²) in [5.74, 6) is 0.272. The lowest BCUT2D eigenvalue weighted by atomic mass is 10.2. The van der Waals surface area contributed by atoms with Gasteiger partial charge in [-0.1, -0.05) is 11.6 Å². The van der Waals surface area contributed by atoms with Crippen molar-refractivity contribution in [2.45, 2.75) is 39.2 Å². The normalized spacial score (nSPS) is 10.2. The molecule has 1 aromatic heterocycles. The van der Waals surface area contributed by atoms with Gasteiger partial charge in [0.1, 0.15) is 0 Å². The molecule has 0 radical (unpaired) electrons. The first kappa shape index (κ1) is 15.0. The van der Waals surface area contributed by atoms with Crippen LogP contribution in [0.3, 0.4) is 0 Å². The van der Waals surface area contributed by atoms with E-state index in [9.17, 15) is 9.59 Å². The fourth-order valence-electron chi connectivity index (χ4n) is 1.49. The molecule has 0 fully saturated rings. The summed E-state index contributed by atoms with van der Waals surface area (Å²) >= 11 is 0. The third kappa shape index (κ3) is 7.07. The van der Waals surface area contributed by atoms with Crippen LogP contribution in [0.2, 0.25) is 0 Å². The molecule has 3 N–H and O–H groups in total. The lowest BCUT2D eigenvalue weighted by molar-refractivity contribution is -0.145. The van der Waals surface area contributed by atoms with Crippen molar-refractivity contribution in [2.75, 3.05) is 6.54 Å². The summed E-state index contributed by atoms with van der Waals surface area (Å²) in [6.07, 6.45) is 2.69. The number of aromatic nitrogens is 1. The molecule has 0 saturated carbocycles. The number of carbonyl (C=O) groups excluding carboxylic acids is 2. The zero-order chi connectivity index (χ0) is 14.1. The van der Waals surface area contributed by atoms with Crippen molar-refractivity contribution in [3.8, 4) is 0 Å². The molecule has 0 saturated heterocycles. The molecule has 19 heavy (non-hydrogen) atoms. The number of aryl methyl sites for hydroxylation is 1. The van der Waals surface area contributed by atoms with E-state index in [1.54, 1.807) is 13.0 Å². The molecule has 0 aromatic carbocycles. The molecule has 0 aliphatic heterocycles. The van der Waals surface area contributed by atoms with Crippen LogP contribution in [-0.4, -0.2) is 23.7 Å². The van der Waals surface area contributed by atoms with Gasteiger partial charge < -0.3 is 20.3 Å². The summed E-state index contributed by atoms with van der Waals surface area (Å²) in [6, 6.07) is 1.20. The van der Waals surface area contributed by atoms with Gasteiger partial charge in [0.2, 0.25) is 0 Å². The van der Waals surface area contributed by atoms with E-state index in [2.05, 4.69) is 10.5 Å². The Balaban J connectivity index is 2.00. The molecule has 0 unspecified atom stereocenters. The maximum atomic E-state index is 11.4. The highest BCUT2D eigenvalue weighted by molar-refractivity contribution is 5.71. The van der Waals surface area contributed by atoms with Crippen molar-refractivity contribution >= 4 is 12.0 Å². The van der Waals surface area contributed by atoms with Gasteiger partial charge >= 0.3 is 12.0 Å².